The Morgan fingerprint density at radius 2 is 2.11 bits per heavy atom. The highest BCUT2D eigenvalue weighted by molar-refractivity contribution is 5.68. The summed E-state index contributed by atoms with van der Waals surface area (Å²) in [5.41, 5.74) is 3.95. The van der Waals surface area contributed by atoms with Gasteiger partial charge in [0.15, 0.2) is 0 Å². The number of nitrogens with zero attached hydrogens (tertiary/aromatic N) is 1. The molecule has 1 fully saturated rings. The Labute approximate surface area is 107 Å². The summed E-state index contributed by atoms with van der Waals surface area (Å²) in [7, 11) is 0. The van der Waals surface area contributed by atoms with Crippen LogP contribution in [0.2, 0.25) is 0 Å². The SMILES string of the molecule is O=C(O)CC1CCc2cc(N3CCCC3)ccc21. The molecule has 1 heterocycles. The number of aryl methyl sites for hydroxylation is 1. The fourth-order valence-corrected chi connectivity index (χ4v) is 3.29. The predicted octanol–water partition coefficient (Wildman–Crippen LogP) is 2.79. The van der Waals surface area contributed by atoms with Crippen molar-refractivity contribution in [2.24, 2.45) is 0 Å². The highest BCUT2D eigenvalue weighted by atomic mass is 16.4. The standard InChI is InChI=1S/C15H19NO2/c17-15(18)10-12-4-3-11-9-13(5-6-14(11)12)16-7-1-2-8-16/h5-6,9,12H,1-4,7-8,10H2,(H,17,18). The van der Waals surface area contributed by atoms with E-state index in [-0.39, 0.29) is 12.3 Å². The van der Waals surface area contributed by atoms with Gasteiger partial charge < -0.3 is 10.0 Å². The lowest BCUT2D eigenvalue weighted by molar-refractivity contribution is -0.137. The van der Waals surface area contributed by atoms with Gasteiger partial charge in [0, 0.05) is 18.8 Å². The van der Waals surface area contributed by atoms with Crippen molar-refractivity contribution in [1.82, 2.24) is 0 Å². The summed E-state index contributed by atoms with van der Waals surface area (Å²) >= 11 is 0. The van der Waals surface area contributed by atoms with E-state index in [2.05, 4.69) is 23.1 Å². The van der Waals surface area contributed by atoms with Gasteiger partial charge in [0.25, 0.3) is 0 Å². The lowest BCUT2D eigenvalue weighted by atomic mass is 9.97. The van der Waals surface area contributed by atoms with Crippen LogP contribution in [-0.4, -0.2) is 24.2 Å². The number of rotatable bonds is 3. The monoisotopic (exact) mass is 245 g/mol. The van der Waals surface area contributed by atoms with Crippen molar-refractivity contribution in [2.75, 3.05) is 18.0 Å². The van der Waals surface area contributed by atoms with Gasteiger partial charge in [-0.1, -0.05) is 6.07 Å². The minimum atomic E-state index is -0.684. The first kappa shape index (κ1) is 11.6. The van der Waals surface area contributed by atoms with E-state index >= 15 is 0 Å². The summed E-state index contributed by atoms with van der Waals surface area (Å²) in [5.74, 6) is -0.457. The van der Waals surface area contributed by atoms with Crippen molar-refractivity contribution in [3.63, 3.8) is 0 Å². The molecule has 0 saturated carbocycles. The zero-order valence-corrected chi connectivity index (χ0v) is 10.6. The van der Waals surface area contributed by atoms with E-state index in [0.717, 1.165) is 25.9 Å². The maximum absolute atomic E-state index is 10.8. The van der Waals surface area contributed by atoms with Gasteiger partial charge >= 0.3 is 5.97 Å². The molecule has 1 saturated heterocycles. The maximum Gasteiger partial charge on any atom is 0.303 e. The summed E-state index contributed by atoms with van der Waals surface area (Å²) in [4.78, 5) is 13.3. The number of benzene rings is 1. The molecule has 1 aromatic rings. The lowest BCUT2D eigenvalue weighted by Gasteiger charge is -2.19. The summed E-state index contributed by atoms with van der Waals surface area (Å²) in [6.07, 6.45) is 4.88. The Morgan fingerprint density at radius 1 is 1.33 bits per heavy atom. The Hall–Kier alpha value is -1.51. The third-order valence-corrected chi connectivity index (χ3v) is 4.22. The smallest absolute Gasteiger partial charge is 0.303 e. The fraction of sp³-hybridized carbons (Fsp3) is 0.533. The number of carbonyl (C=O) groups is 1. The van der Waals surface area contributed by atoms with E-state index in [4.69, 9.17) is 5.11 Å². The van der Waals surface area contributed by atoms with Crippen LogP contribution in [0.15, 0.2) is 18.2 Å². The Bertz CT molecular complexity index is 464. The normalized spacial score (nSPS) is 22.2. The Balaban J connectivity index is 1.82. The van der Waals surface area contributed by atoms with Gasteiger partial charge in [-0.15, -0.1) is 0 Å². The summed E-state index contributed by atoms with van der Waals surface area (Å²) in [6, 6.07) is 6.61. The van der Waals surface area contributed by atoms with Crippen LogP contribution in [0.5, 0.6) is 0 Å². The van der Waals surface area contributed by atoms with E-state index in [9.17, 15) is 4.79 Å². The molecular weight excluding hydrogens is 226 g/mol. The number of carboxylic acids is 1. The molecule has 1 aliphatic heterocycles. The van der Waals surface area contributed by atoms with Crippen LogP contribution < -0.4 is 4.90 Å². The number of fused-ring (bicyclic) bond motifs is 1. The van der Waals surface area contributed by atoms with Crippen LogP contribution >= 0.6 is 0 Å². The van der Waals surface area contributed by atoms with Crippen molar-refractivity contribution >= 4 is 11.7 Å². The van der Waals surface area contributed by atoms with Crippen LogP contribution in [0, 0.1) is 0 Å². The second kappa shape index (κ2) is 4.63. The van der Waals surface area contributed by atoms with Gasteiger partial charge in [-0.3, -0.25) is 4.79 Å². The Morgan fingerprint density at radius 3 is 2.83 bits per heavy atom. The number of hydrogen-bond acceptors (Lipinski definition) is 2. The maximum atomic E-state index is 10.8. The van der Waals surface area contributed by atoms with Gasteiger partial charge in [-0.2, -0.15) is 0 Å². The van der Waals surface area contributed by atoms with Crippen LogP contribution in [0.1, 0.15) is 42.7 Å². The van der Waals surface area contributed by atoms with E-state index in [1.165, 1.54) is 29.7 Å². The zero-order chi connectivity index (χ0) is 12.5. The summed E-state index contributed by atoms with van der Waals surface area (Å²) < 4.78 is 0. The van der Waals surface area contributed by atoms with E-state index in [1.54, 1.807) is 0 Å². The van der Waals surface area contributed by atoms with Crippen LogP contribution in [0.4, 0.5) is 5.69 Å². The fourth-order valence-electron chi connectivity index (χ4n) is 3.29. The third kappa shape index (κ3) is 2.09. The third-order valence-electron chi connectivity index (χ3n) is 4.22. The minimum Gasteiger partial charge on any atom is -0.481 e. The van der Waals surface area contributed by atoms with Crippen LogP contribution in [-0.2, 0) is 11.2 Å². The van der Waals surface area contributed by atoms with Crippen molar-refractivity contribution in [2.45, 2.75) is 38.0 Å². The largest absolute Gasteiger partial charge is 0.481 e. The molecule has 3 rings (SSSR count). The minimum absolute atomic E-state index is 0.227. The van der Waals surface area contributed by atoms with Crippen molar-refractivity contribution in [3.8, 4) is 0 Å². The zero-order valence-electron chi connectivity index (χ0n) is 10.6. The lowest BCUT2D eigenvalue weighted by Crippen LogP contribution is -2.17. The van der Waals surface area contributed by atoms with Crippen LogP contribution in [0.3, 0.4) is 0 Å². The highest BCUT2D eigenvalue weighted by Crippen LogP contribution is 2.37. The first-order valence-electron chi connectivity index (χ1n) is 6.83. The molecular formula is C15H19NO2. The summed E-state index contributed by atoms with van der Waals surface area (Å²) in [5, 5.41) is 8.92. The van der Waals surface area contributed by atoms with Gasteiger partial charge in [-0.25, -0.2) is 0 Å². The molecule has 18 heavy (non-hydrogen) atoms. The van der Waals surface area contributed by atoms with E-state index in [0.29, 0.717) is 0 Å². The average molecular weight is 245 g/mol. The number of anilines is 1. The number of hydrogen-bond donors (Lipinski definition) is 1. The molecule has 1 N–H and O–H groups in total. The highest BCUT2D eigenvalue weighted by Gasteiger charge is 2.25. The van der Waals surface area contributed by atoms with Gasteiger partial charge in [0.05, 0.1) is 6.42 Å². The molecule has 96 valence electrons. The van der Waals surface area contributed by atoms with E-state index < -0.39 is 5.97 Å². The molecule has 1 aromatic carbocycles. The van der Waals surface area contributed by atoms with Gasteiger partial charge in [-0.05, 0) is 54.9 Å². The molecule has 1 atom stereocenters. The average Bonchev–Trinajstić information content (AvgIpc) is 2.97. The predicted molar refractivity (Wildman–Crippen MR) is 71.2 cm³/mol. The number of aliphatic carboxylic acids is 1. The first-order chi connectivity index (χ1) is 8.74. The molecule has 1 unspecified atom stereocenters. The Kier molecular flexibility index (Phi) is 2.98. The number of carboxylic acid groups (broad SMARTS) is 1. The molecule has 3 nitrogen and oxygen atoms in total. The van der Waals surface area contributed by atoms with Crippen LogP contribution in [0.25, 0.3) is 0 Å². The van der Waals surface area contributed by atoms with E-state index in [1.807, 2.05) is 0 Å². The molecule has 2 aliphatic rings. The van der Waals surface area contributed by atoms with Crippen molar-refractivity contribution in [3.05, 3.63) is 29.3 Å². The van der Waals surface area contributed by atoms with Crippen molar-refractivity contribution in [1.29, 1.82) is 0 Å². The molecule has 0 aromatic heterocycles. The second-order valence-electron chi connectivity index (χ2n) is 5.41. The molecule has 0 spiro atoms. The second-order valence-corrected chi connectivity index (χ2v) is 5.41. The van der Waals surface area contributed by atoms with Gasteiger partial charge in [0.1, 0.15) is 0 Å². The molecule has 3 heteroatoms. The topological polar surface area (TPSA) is 40.5 Å². The van der Waals surface area contributed by atoms with Gasteiger partial charge in [0.2, 0.25) is 0 Å². The van der Waals surface area contributed by atoms with Crippen molar-refractivity contribution < 1.29 is 9.90 Å². The first-order valence-corrected chi connectivity index (χ1v) is 6.83. The molecule has 1 aliphatic carbocycles. The molecule has 0 radical (unpaired) electrons. The molecule has 0 bridgehead atoms. The molecule has 0 amide bonds. The quantitative estimate of drug-likeness (QED) is 0.890. The summed E-state index contributed by atoms with van der Waals surface area (Å²) in [6.45, 7) is 2.33.